The van der Waals surface area contributed by atoms with E-state index < -0.39 is 17.7 Å². The van der Waals surface area contributed by atoms with Crippen LogP contribution in [0, 0.1) is 0 Å². The maximum Gasteiger partial charge on any atom is 0.301 e. The molecule has 4 aromatic carbocycles. The Balaban J connectivity index is 1.35. The predicted molar refractivity (Wildman–Crippen MR) is 167 cm³/mol. The second-order valence-corrected chi connectivity index (χ2v) is 12.0. The predicted octanol–water partition coefficient (Wildman–Crippen LogP) is 7.48. The molecule has 0 saturated carbocycles. The third-order valence-electron chi connectivity index (χ3n) is 7.58. The number of ether oxygens (including phenoxy) is 2. The van der Waals surface area contributed by atoms with Crippen molar-refractivity contribution in [1.82, 2.24) is 4.98 Å². The second-order valence-electron chi connectivity index (χ2n) is 10.6. The zero-order chi connectivity index (χ0) is 29.7. The molecule has 0 spiro atoms. The maximum absolute atomic E-state index is 13.7. The van der Waals surface area contributed by atoms with Gasteiger partial charge in [0, 0.05) is 17.0 Å². The number of fused-ring (bicyclic) bond motifs is 2. The molecule has 1 aromatic heterocycles. The highest BCUT2D eigenvalue weighted by Gasteiger charge is 2.48. The smallest absolute Gasteiger partial charge is 0.301 e. The lowest BCUT2D eigenvalue weighted by atomic mass is 9.94. The number of benzene rings is 4. The number of thiazole rings is 1. The lowest BCUT2D eigenvalue weighted by Crippen LogP contribution is -2.29. The van der Waals surface area contributed by atoms with Crippen LogP contribution in [0.3, 0.4) is 0 Å². The number of hydrogen-bond donors (Lipinski definition) is 1. The third-order valence-corrected chi connectivity index (χ3v) is 8.83. The molecule has 0 unspecified atom stereocenters. The summed E-state index contributed by atoms with van der Waals surface area (Å²) in [7, 11) is 0. The number of nitrogens with zero attached hydrogens (tertiary/aromatic N) is 2. The molecule has 3 heterocycles. The van der Waals surface area contributed by atoms with Crippen LogP contribution >= 0.6 is 22.9 Å². The van der Waals surface area contributed by atoms with E-state index in [1.54, 1.807) is 36.4 Å². The van der Waals surface area contributed by atoms with Gasteiger partial charge >= 0.3 is 5.91 Å². The highest BCUT2D eigenvalue weighted by Crippen LogP contribution is 2.45. The molecular weight excluding hydrogens is 584 g/mol. The molecule has 0 bridgehead atoms. The number of carbonyl (C=O) groups excluding carboxylic acids is 2. The first kappa shape index (κ1) is 27.2. The highest BCUT2D eigenvalue weighted by atomic mass is 35.5. The van der Waals surface area contributed by atoms with Gasteiger partial charge in [0.2, 0.25) is 0 Å². The number of carbonyl (C=O) groups is 2. The zero-order valence-electron chi connectivity index (χ0n) is 23.0. The molecule has 2 aliphatic heterocycles. The number of Topliss-reactive ketones (excluding diaryl/α,β-unsaturated/α-hetero) is 1. The van der Waals surface area contributed by atoms with Crippen molar-refractivity contribution in [2.45, 2.75) is 32.1 Å². The van der Waals surface area contributed by atoms with E-state index >= 15 is 0 Å². The number of aliphatic hydroxyl groups excluding tert-OH is 1. The molecule has 1 N–H and O–H groups in total. The SMILES string of the molecule is C[C@H]1Cc2cc(C(O)=C3C(=O)C(=O)N(c4nc5ccc(Cl)cc5s4)[C@H]3c3cccc(OCc4ccccc4)c3)ccc2O1. The summed E-state index contributed by atoms with van der Waals surface area (Å²) < 4.78 is 12.7. The van der Waals surface area contributed by atoms with Gasteiger partial charge in [-0.25, -0.2) is 4.98 Å². The van der Waals surface area contributed by atoms with E-state index in [4.69, 9.17) is 21.1 Å². The van der Waals surface area contributed by atoms with Crippen LogP contribution in [0.1, 0.15) is 35.2 Å². The fraction of sp³-hybridized carbons (Fsp3) is 0.147. The van der Waals surface area contributed by atoms with Crippen LogP contribution in [-0.2, 0) is 22.6 Å². The number of anilines is 1. The Labute approximate surface area is 256 Å². The summed E-state index contributed by atoms with van der Waals surface area (Å²) in [6.07, 6.45) is 0.702. The fourth-order valence-corrected chi connectivity index (χ4v) is 6.84. The van der Waals surface area contributed by atoms with E-state index in [1.807, 2.05) is 61.5 Å². The molecule has 5 aromatic rings. The Kier molecular flexibility index (Phi) is 6.88. The van der Waals surface area contributed by atoms with E-state index in [9.17, 15) is 14.7 Å². The van der Waals surface area contributed by atoms with Gasteiger partial charge in [-0.05, 0) is 72.1 Å². The molecule has 0 radical (unpaired) electrons. The Morgan fingerprint density at radius 3 is 2.72 bits per heavy atom. The van der Waals surface area contributed by atoms with Gasteiger partial charge in [0.05, 0.1) is 21.8 Å². The molecule has 214 valence electrons. The molecule has 9 heteroatoms. The third kappa shape index (κ3) is 5.02. The highest BCUT2D eigenvalue weighted by molar-refractivity contribution is 7.22. The number of aromatic nitrogens is 1. The Bertz CT molecular complexity index is 1940. The maximum atomic E-state index is 13.7. The molecule has 1 saturated heterocycles. The fourth-order valence-electron chi connectivity index (χ4n) is 5.57. The van der Waals surface area contributed by atoms with Crippen molar-refractivity contribution in [3.63, 3.8) is 0 Å². The first-order chi connectivity index (χ1) is 20.9. The van der Waals surface area contributed by atoms with Crippen LogP contribution in [0.5, 0.6) is 11.5 Å². The van der Waals surface area contributed by atoms with E-state index in [2.05, 4.69) is 4.98 Å². The molecular formula is C34H25ClN2O5S. The van der Waals surface area contributed by atoms with Gasteiger partial charge in [0.1, 0.15) is 30.0 Å². The number of halogens is 1. The van der Waals surface area contributed by atoms with Gasteiger partial charge in [0.15, 0.2) is 5.13 Å². The summed E-state index contributed by atoms with van der Waals surface area (Å²) in [6.45, 7) is 2.32. The second kappa shape index (κ2) is 10.9. The number of hydrogen-bond acceptors (Lipinski definition) is 7. The largest absolute Gasteiger partial charge is 0.507 e. The van der Waals surface area contributed by atoms with Crippen molar-refractivity contribution < 1.29 is 24.2 Å². The minimum absolute atomic E-state index is 0.0177. The molecule has 1 fully saturated rings. The average Bonchev–Trinajstić information content (AvgIpc) is 3.68. The standard InChI is InChI=1S/C34H25ClN2O5S/c1-19-14-23-15-22(10-13-27(23)42-19)31(38)29-30(21-8-5-9-25(16-21)41-18-20-6-3-2-4-7-20)37(33(40)32(29)39)34-36-26-12-11-24(35)17-28(26)43-34/h2-13,15-17,19,30,38H,14,18H2,1H3/t19-,30-/m0/s1. The lowest BCUT2D eigenvalue weighted by Gasteiger charge is -2.23. The van der Waals surface area contributed by atoms with Crippen LogP contribution in [0.25, 0.3) is 16.0 Å². The molecule has 2 aliphatic rings. The quantitative estimate of drug-likeness (QED) is 0.122. The molecule has 7 nitrogen and oxygen atoms in total. The zero-order valence-corrected chi connectivity index (χ0v) is 24.6. The van der Waals surface area contributed by atoms with Gasteiger partial charge in [-0.15, -0.1) is 0 Å². The van der Waals surface area contributed by atoms with E-state index in [1.165, 1.54) is 16.2 Å². The van der Waals surface area contributed by atoms with Crippen LogP contribution in [0.2, 0.25) is 5.02 Å². The Morgan fingerprint density at radius 1 is 1.05 bits per heavy atom. The summed E-state index contributed by atoms with van der Waals surface area (Å²) >= 11 is 7.47. The molecule has 1 amide bonds. The van der Waals surface area contributed by atoms with Crippen molar-refractivity contribution in [2.75, 3.05) is 4.90 Å². The summed E-state index contributed by atoms with van der Waals surface area (Å²) in [4.78, 5) is 33.5. The minimum atomic E-state index is -0.945. The van der Waals surface area contributed by atoms with Gasteiger partial charge in [-0.2, -0.15) is 0 Å². The number of rotatable bonds is 6. The Morgan fingerprint density at radius 2 is 1.88 bits per heavy atom. The molecule has 0 aliphatic carbocycles. The summed E-state index contributed by atoms with van der Waals surface area (Å²) in [6, 6.07) is 26.6. The average molecular weight is 609 g/mol. The van der Waals surface area contributed by atoms with Gasteiger partial charge in [0.25, 0.3) is 5.78 Å². The number of aliphatic hydroxyl groups is 1. The van der Waals surface area contributed by atoms with Crippen molar-refractivity contribution >= 4 is 55.7 Å². The van der Waals surface area contributed by atoms with Crippen LogP contribution in [-0.4, -0.2) is 27.9 Å². The summed E-state index contributed by atoms with van der Waals surface area (Å²) in [5, 5.41) is 12.5. The van der Waals surface area contributed by atoms with Crippen LogP contribution in [0.15, 0.2) is 96.6 Å². The minimum Gasteiger partial charge on any atom is -0.507 e. The first-order valence-corrected chi connectivity index (χ1v) is 15.0. The normalized spacial score (nSPS) is 19.1. The monoisotopic (exact) mass is 608 g/mol. The number of amides is 1. The number of ketones is 1. The summed E-state index contributed by atoms with van der Waals surface area (Å²) in [5.74, 6) is -0.511. The van der Waals surface area contributed by atoms with Gasteiger partial charge in [-0.1, -0.05) is 65.4 Å². The van der Waals surface area contributed by atoms with Crippen LogP contribution in [0.4, 0.5) is 5.13 Å². The molecule has 7 rings (SSSR count). The van der Waals surface area contributed by atoms with Crippen molar-refractivity contribution in [1.29, 1.82) is 0 Å². The summed E-state index contributed by atoms with van der Waals surface area (Å²) in [5.41, 5.74) is 3.60. The van der Waals surface area contributed by atoms with Crippen LogP contribution < -0.4 is 14.4 Å². The van der Waals surface area contributed by atoms with Gasteiger partial charge in [-0.3, -0.25) is 14.5 Å². The van der Waals surface area contributed by atoms with Crippen molar-refractivity contribution in [3.8, 4) is 11.5 Å². The molecule has 43 heavy (non-hydrogen) atoms. The van der Waals surface area contributed by atoms with E-state index in [0.717, 1.165) is 21.6 Å². The van der Waals surface area contributed by atoms with E-state index in [0.29, 0.717) is 45.6 Å². The van der Waals surface area contributed by atoms with E-state index in [-0.39, 0.29) is 17.4 Å². The first-order valence-electron chi connectivity index (χ1n) is 13.8. The lowest BCUT2D eigenvalue weighted by molar-refractivity contribution is -0.132. The molecule has 2 atom stereocenters. The van der Waals surface area contributed by atoms with Crippen molar-refractivity contribution in [3.05, 3.63) is 124 Å². The Hall–Kier alpha value is -4.66. The van der Waals surface area contributed by atoms with Gasteiger partial charge < -0.3 is 14.6 Å². The van der Waals surface area contributed by atoms with Crippen molar-refractivity contribution in [2.24, 2.45) is 0 Å². The topological polar surface area (TPSA) is 89.0 Å².